The van der Waals surface area contributed by atoms with Gasteiger partial charge in [-0.2, -0.15) is 11.3 Å². The molecule has 1 aromatic rings. The highest BCUT2D eigenvalue weighted by Crippen LogP contribution is 2.39. The standard InChI is InChI=1S/C13H20BOS/c1-10-7-14-13(12(10)8-15)4-2-3-11-5-6-16-9-11/h5-6,9-10,12-13,15H,2-4,7-8H2,1H3/t10?,12-,13+/m0/s1/i15D. The van der Waals surface area contributed by atoms with E-state index in [4.69, 9.17) is 1.43 Å². The van der Waals surface area contributed by atoms with Crippen molar-refractivity contribution in [3.05, 3.63) is 22.4 Å². The van der Waals surface area contributed by atoms with Crippen molar-refractivity contribution in [2.75, 3.05) is 6.61 Å². The maximum Gasteiger partial charge on any atom is 0.210 e. The van der Waals surface area contributed by atoms with Crippen molar-refractivity contribution in [3.63, 3.8) is 0 Å². The summed E-state index contributed by atoms with van der Waals surface area (Å²) >= 11 is 1.78. The third-order valence-corrected chi connectivity index (χ3v) is 4.60. The van der Waals surface area contributed by atoms with Crippen molar-refractivity contribution in [2.24, 2.45) is 11.8 Å². The molecule has 1 aliphatic heterocycles. The number of hydrogen-bond acceptors (Lipinski definition) is 2. The molecule has 0 spiro atoms. The second kappa shape index (κ2) is 5.88. The predicted molar refractivity (Wildman–Crippen MR) is 71.3 cm³/mol. The van der Waals surface area contributed by atoms with Gasteiger partial charge in [0, 0.05) is 6.61 Å². The van der Waals surface area contributed by atoms with E-state index in [0.29, 0.717) is 24.3 Å². The summed E-state index contributed by atoms with van der Waals surface area (Å²) in [5.41, 5.74) is 1.47. The van der Waals surface area contributed by atoms with E-state index in [2.05, 4.69) is 36.1 Å². The van der Waals surface area contributed by atoms with E-state index in [1.54, 1.807) is 11.3 Å². The lowest BCUT2D eigenvalue weighted by molar-refractivity contribution is 0.189. The first-order chi connectivity index (χ1) is 8.31. The zero-order valence-electron chi connectivity index (χ0n) is 10.9. The molecule has 0 aliphatic carbocycles. The summed E-state index contributed by atoms with van der Waals surface area (Å²) in [6, 6.07) is 2.22. The summed E-state index contributed by atoms with van der Waals surface area (Å²) in [6.45, 7) is 2.87. The lowest BCUT2D eigenvalue weighted by Gasteiger charge is -2.20. The molecule has 1 N–H and O–H groups in total. The van der Waals surface area contributed by atoms with E-state index in [-0.39, 0.29) is 0 Å². The van der Waals surface area contributed by atoms with Crippen LogP contribution >= 0.6 is 11.3 Å². The van der Waals surface area contributed by atoms with Gasteiger partial charge < -0.3 is 5.11 Å². The van der Waals surface area contributed by atoms with Gasteiger partial charge >= 0.3 is 0 Å². The molecule has 0 bridgehead atoms. The van der Waals surface area contributed by atoms with Crippen molar-refractivity contribution in [1.82, 2.24) is 0 Å². The van der Waals surface area contributed by atoms with Crippen LogP contribution < -0.4 is 0 Å². The van der Waals surface area contributed by atoms with Crippen LogP contribution in [0, 0.1) is 11.8 Å². The summed E-state index contributed by atoms with van der Waals surface area (Å²) in [4.78, 5) is 0. The smallest absolute Gasteiger partial charge is 0.210 e. The van der Waals surface area contributed by atoms with Gasteiger partial charge in [-0.3, -0.25) is 0 Å². The number of rotatable bonds is 6. The zero-order valence-corrected chi connectivity index (χ0v) is 10.7. The molecule has 1 unspecified atom stereocenters. The van der Waals surface area contributed by atoms with Crippen LogP contribution in [0.1, 0.15) is 25.3 Å². The molecule has 1 aliphatic rings. The average Bonchev–Trinajstić information content (AvgIpc) is 2.93. The summed E-state index contributed by atoms with van der Waals surface area (Å²) in [5, 5.41) is 9.00. The van der Waals surface area contributed by atoms with Gasteiger partial charge in [0.05, 0.1) is 0 Å². The third-order valence-electron chi connectivity index (χ3n) is 3.87. The van der Waals surface area contributed by atoms with Gasteiger partial charge in [0.15, 0.2) is 0 Å². The van der Waals surface area contributed by atoms with Crippen LogP contribution in [0.4, 0.5) is 0 Å². The largest absolute Gasteiger partial charge is 0.396 e. The Bertz CT molecular complexity index is 317. The van der Waals surface area contributed by atoms with Crippen LogP contribution in [-0.4, -0.2) is 20.4 Å². The number of thiophene rings is 1. The second-order valence-corrected chi connectivity index (χ2v) is 5.75. The zero-order chi connectivity index (χ0) is 12.1. The van der Waals surface area contributed by atoms with Crippen molar-refractivity contribution in [2.45, 2.75) is 38.3 Å². The molecule has 16 heavy (non-hydrogen) atoms. The maximum absolute atomic E-state index is 6.93. The highest BCUT2D eigenvalue weighted by Gasteiger charge is 2.32. The summed E-state index contributed by atoms with van der Waals surface area (Å²) in [7, 11) is 2.45. The van der Waals surface area contributed by atoms with Gasteiger partial charge in [0.2, 0.25) is 1.43 Å². The monoisotopic (exact) mass is 236 g/mol. The van der Waals surface area contributed by atoms with Crippen LogP contribution in [0.5, 0.6) is 0 Å². The van der Waals surface area contributed by atoms with Gasteiger partial charge in [-0.05, 0) is 47.1 Å². The minimum atomic E-state index is 0.565. The first-order valence-corrected chi connectivity index (χ1v) is 7.18. The van der Waals surface area contributed by atoms with Gasteiger partial charge in [-0.15, -0.1) is 0 Å². The Balaban J connectivity index is 1.74. The molecule has 1 radical (unpaired) electrons. The molecule has 1 saturated heterocycles. The third kappa shape index (κ3) is 2.89. The molecule has 1 fully saturated rings. The average molecular weight is 236 g/mol. The normalized spacial score (nSPS) is 30.1. The molecule has 2 rings (SSSR count). The molecular weight excluding hydrogens is 215 g/mol. The minimum Gasteiger partial charge on any atom is -0.396 e. The Kier molecular flexibility index (Phi) is 3.99. The second-order valence-electron chi connectivity index (χ2n) is 4.97. The molecule has 87 valence electrons. The lowest BCUT2D eigenvalue weighted by Crippen LogP contribution is -2.14. The molecule has 0 saturated carbocycles. The SMILES string of the molecule is [2H]OC[C@H]1C(C)C[B][C@@H]1CCCc1ccsc1. The van der Waals surface area contributed by atoms with Gasteiger partial charge in [-0.25, -0.2) is 0 Å². The summed E-state index contributed by atoms with van der Waals surface area (Å²) < 4.78 is 6.93. The van der Waals surface area contributed by atoms with E-state index in [1.165, 1.54) is 31.1 Å². The molecular formula is C13H20BOS. The summed E-state index contributed by atoms with van der Waals surface area (Å²) in [5.74, 6) is 1.91. The van der Waals surface area contributed by atoms with Crippen molar-refractivity contribution >= 4 is 18.6 Å². The Morgan fingerprint density at radius 2 is 2.62 bits per heavy atom. The molecule has 1 aromatic heterocycles. The first-order valence-electron chi connectivity index (χ1n) is 6.64. The molecule has 3 heteroatoms. The Labute approximate surface area is 105 Å². The molecule has 1 nitrogen and oxygen atoms in total. The van der Waals surface area contributed by atoms with E-state index in [1.807, 2.05) is 0 Å². The lowest BCUT2D eigenvalue weighted by atomic mass is 9.63. The summed E-state index contributed by atoms with van der Waals surface area (Å²) in [6.07, 6.45) is 4.88. The Morgan fingerprint density at radius 3 is 3.38 bits per heavy atom. The molecule has 2 heterocycles. The number of aliphatic hydroxyl groups excluding tert-OH is 1. The highest BCUT2D eigenvalue weighted by atomic mass is 32.1. The number of hydrogen-bond donors (Lipinski definition) is 1. The first kappa shape index (κ1) is 10.9. The van der Waals surface area contributed by atoms with Gasteiger partial charge in [0.1, 0.15) is 7.28 Å². The van der Waals surface area contributed by atoms with E-state index >= 15 is 0 Å². The van der Waals surface area contributed by atoms with Crippen LogP contribution in [0.15, 0.2) is 16.8 Å². The fourth-order valence-corrected chi connectivity index (χ4v) is 3.46. The van der Waals surface area contributed by atoms with Crippen molar-refractivity contribution < 1.29 is 5.11 Å². The van der Waals surface area contributed by atoms with Crippen LogP contribution in [-0.2, 0) is 6.42 Å². The van der Waals surface area contributed by atoms with Crippen molar-refractivity contribution in [3.8, 4) is 0 Å². The fourth-order valence-electron chi connectivity index (χ4n) is 2.76. The van der Waals surface area contributed by atoms with Crippen LogP contribution in [0.25, 0.3) is 0 Å². The Morgan fingerprint density at radius 1 is 1.69 bits per heavy atom. The van der Waals surface area contributed by atoms with Gasteiger partial charge in [-0.1, -0.05) is 25.5 Å². The van der Waals surface area contributed by atoms with E-state index < -0.39 is 0 Å². The topological polar surface area (TPSA) is 20.2 Å². The number of aryl methyl sites for hydroxylation is 1. The Hall–Kier alpha value is -0.275. The van der Waals surface area contributed by atoms with Crippen LogP contribution in [0.3, 0.4) is 0 Å². The minimum absolute atomic E-state index is 0.565. The van der Waals surface area contributed by atoms with Gasteiger partial charge in [0.25, 0.3) is 0 Å². The van der Waals surface area contributed by atoms with E-state index in [0.717, 1.165) is 0 Å². The molecule has 0 amide bonds. The molecule has 0 aromatic carbocycles. The van der Waals surface area contributed by atoms with E-state index in [9.17, 15) is 0 Å². The quantitative estimate of drug-likeness (QED) is 0.752. The maximum atomic E-state index is 6.93. The number of aliphatic hydroxyl groups is 1. The molecule has 3 atom stereocenters. The predicted octanol–water partition coefficient (Wildman–Crippen LogP) is 3.24. The highest BCUT2D eigenvalue weighted by molar-refractivity contribution is 7.07. The van der Waals surface area contributed by atoms with Crippen molar-refractivity contribution in [1.29, 1.82) is 1.43 Å². The van der Waals surface area contributed by atoms with Crippen LogP contribution in [0.2, 0.25) is 12.1 Å². The fraction of sp³-hybridized carbons (Fsp3) is 0.692.